The Morgan fingerprint density at radius 3 is 2.30 bits per heavy atom. The molecule has 1 atom stereocenters. The van der Waals surface area contributed by atoms with E-state index in [2.05, 4.69) is 13.8 Å². The van der Waals surface area contributed by atoms with Crippen LogP contribution in [0.1, 0.15) is 38.3 Å². The molecule has 0 saturated carbocycles. The molecule has 2 aliphatic rings. The molecule has 1 unspecified atom stereocenters. The number of likely N-dealkylation sites (tertiary alicyclic amines) is 2. The van der Waals surface area contributed by atoms with Gasteiger partial charge in [0.2, 0.25) is 13.8 Å². The van der Waals surface area contributed by atoms with Gasteiger partial charge in [0.05, 0.1) is 11.5 Å². The Labute approximate surface area is 143 Å². The molecule has 2 aliphatic heterocycles. The Morgan fingerprint density at radius 1 is 1.26 bits per heavy atom. The lowest BCUT2D eigenvalue weighted by Gasteiger charge is -2.60. The van der Waals surface area contributed by atoms with E-state index in [0.29, 0.717) is 18.1 Å². The van der Waals surface area contributed by atoms with Crippen molar-refractivity contribution in [1.29, 1.82) is 0 Å². The van der Waals surface area contributed by atoms with Gasteiger partial charge in [-0.25, -0.2) is 0 Å². The van der Waals surface area contributed by atoms with E-state index >= 15 is 0 Å². The van der Waals surface area contributed by atoms with Gasteiger partial charge in [-0.05, 0) is 44.4 Å². The molecule has 2 fully saturated rings. The van der Waals surface area contributed by atoms with Gasteiger partial charge in [-0.3, -0.25) is 9.59 Å². The van der Waals surface area contributed by atoms with E-state index in [1.54, 1.807) is 7.85 Å². The number of hydrogen-bond donors (Lipinski definition) is 0. The van der Waals surface area contributed by atoms with Crippen LogP contribution in [0.3, 0.4) is 0 Å². The summed E-state index contributed by atoms with van der Waals surface area (Å²) in [6, 6.07) is 8.07. The minimum Gasteiger partial charge on any atom is -0.352 e. The van der Waals surface area contributed by atoms with E-state index in [1.165, 1.54) is 0 Å². The highest BCUT2D eigenvalue weighted by Gasteiger charge is 2.62. The monoisotopic (exact) mass is 332 g/mol. The molecule has 3 rings (SSSR count). The number of amides is 2. The second-order valence-electron chi connectivity index (χ2n) is 6.92. The summed E-state index contributed by atoms with van der Waals surface area (Å²) >= 11 is 6.01. The van der Waals surface area contributed by atoms with Crippen LogP contribution in [0, 0.1) is 5.41 Å². The molecule has 2 heterocycles. The smallest absolute Gasteiger partial charge is 0.232 e. The average molecular weight is 333 g/mol. The van der Waals surface area contributed by atoms with Crippen LogP contribution in [0.15, 0.2) is 24.3 Å². The van der Waals surface area contributed by atoms with Crippen LogP contribution in [-0.2, 0) is 4.79 Å². The van der Waals surface area contributed by atoms with E-state index in [4.69, 9.17) is 11.6 Å². The highest BCUT2D eigenvalue weighted by Crippen LogP contribution is 2.56. The number of piperidine rings is 1. The number of benzene rings is 1. The van der Waals surface area contributed by atoms with Gasteiger partial charge >= 0.3 is 0 Å². The van der Waals surface area contributed by atoms with Gasteiger partial charge in [0.15, 0.2) is 5.81 Å². The van der Waals surface area contributed by atoms with Crippen LogP contribution in [0.4, 0.5) is 4.79 Å². The Bertz CT molecular complexity index is 624. The number of carbonyl (C=O) groups excluding carboxylic acids is 2. The third-order valence-corrected chi connectivity index (χ3v) is 5.56. The summed E-state index contributed by atoms with van der Waals surface area (Å²) in [5, 5.41) is 0.705. The molecule has 0 radical (unpaired) electrons. The summed E-state index contributed by atoms with van der Waals surface area (Å²) in [6.07, 6.45) is 1.48. The second kappa shape index (κ2) is 5.86. The summed E-state index contributed by atoms with van der Waals surface area (Å²) in [4.78, 5) is 28.3. The molecule has 6 heteroatoms. The molecule has 122 valence electrons. The SMILES string of the molecule is BC(=O)N1CCC2(CC1)C(=O)N(C(C)C)C2c1ccc(Cl)cc1. The number of halogens is 1. The number of carbonyl (C=O) groups is 2. The topological polar surface area (TPSA) is 40.6 Å². The molecule has 1 aromatic rings. The van der Waals surface area contributed by atoms with Crippen molar-refractivity contribution in [3.05, 3.63) is 34.9 Å². The van der Waals surface area contributed by atoms with E-state index in [-0.39, 0.29) is 29.2 Å². The first-order valence-corrected chi connectivity index (χ1v) is 8.58. The quantitative estimate of drug-likeness (QED) is 0.616. The Hall–Kier alpha value is -1.49. The highest BCUT2D eigenvalue weighted by molar-refractivity contribution is 6.56. The Kier molecular flexibility index (Phi) is 4.17. The predicted octanol–water partition coefficient (Wildman–Crippen LogP) is 2.47. The Balaban J connectivity index is 1.91. The normalized spacial score (nSPS) is 23.3. The van der Waals surface area contributed by atoms with Gasteiger partial charge in [-0.2, -0.15) is 0 Å². The van der Waals surface area contributed by atoms with E-state index in [0.717, 1.165) is 18.4 Å². The predicted molar refractivity (Wildman–Crippen MR) is 93.4 cm³/mol. The van der Waals surface area contributed by atoms with Crippen molar-refractivity contribution in [2.75, 3.05) is 13.1 Å². The first-order valence-electron chi connectivity index (χ1n) is 8.20. The van der Waals surface area contributed by atoms with Gasteiger partial charge in [0.25, 0.3) is 0 Å². The molecule has 0 aromatic heterocycles. The van der Waals surface area contributed by atoms with Gasteiger partial charge in [-0.1, -0.05) is 23.7 Å². The molecule has 0 bridgehead atoms. The largest absolute Gasteiger partial charge is 0.352 e. The fourth-order valence-corrected chi connectivity index (χ4v) is 4.18. The molecule has 1 spiro atoms. The minimum atomic E-state index is -0.357. The third kappa shape index (κ3) is 2.55. The highest BCUT2D eigenvalue weighted by atomic mass is 35.5. The van der Waals surface area contributed by atoms with Crippen LogP contribution in [-0.4, -0.2) is 48.5 Å². The first-order chi connectivity index (χ1) is 10.9. The van der Waals surface area contributed by atoms with Crippen molar-refractivity contribution >= 4 is 31.2 Å². The van der Waals surface area contributed by atoms with E-state index in [1.807, 2.05) is 34.1 Å². The van der Waals surface area contributed by atoms with E-state index in [9.17, 15) is 9.59 Å². The zero-order chi connectivity index (χ0) is 16.8. The average Bonchev–Trinajstić information content (AvgIpc) is 2.52. The summed E-state index contributed by atoms with van der Waals surface area (Å²) < 4.78 is 0. The molecular weight excluding hydrogens is 310 g/mol. The lowest BCUT2D eigenvalue weighted by molar-refractivity contribution is -0.184. The van der Waals surface area contributed by atoms with Crippen molar-refractivity contribution in [1.82, 2.24) is 9.80 Å². The summed E-state index contributed by atoms with van der Waals surface area (Å²) in [6.45, 7) is 5.44. The van der Waals surface area contributed by atoms with E-state index < -0.39 is 0 Å². The molecule has 2 amide bonds. The molecular formula is C17H22BClN2O2. The maximum Gasteiger partial charge on any atom is 0.232 e. The standard InChI is InChI=1S/C17H22BClN2O2/c1-11(2)21-14(12-3-5-13(19)6-4-12)17(15(21)22)7-9-20(10-8-17)16(18)23/h3-6,11,14H,7-10,18H2,1-2H3. The van der Waals surface area contributed by atoms with Crippen molar-refractivity contribution in [3.63, 3.8) is 0 Å². The zero-order valence-corrected chi connectivity index (χ0v) is 14.6. The summed E-state index contributed by atoms with van der Waals surface area (Å²) in [5.74, 6) is 0.325. The number of hydrogen-bond acceptors (Lipinski definition) is 2. The number of β-lactam (4-membered cyclic amide) rings is 1. The molecule has 0 aliphatic carbocycles. The minimum absolute atomic E-state index is 0.0846. The van der Waals surface area contributed by atoms with Gasteiger partial charge in [0, 0.05) is 24.2 Å². The van der Waals surface area contributed by atoms with Gasteiger partial charge < -0.3 is 9.80 Å². The summed E-state index contributed by atoms with van der Waals surface area (Å²) in [5.41, 5.74) is 0.781. The molecule has 2 saturated heterocycles. The van der Waals surface area contributed by atoms with Crippen molar-refractivity contribution < 1.29 is 9.59 Å². The Morgan fingerprint density at radius 2 is 1.83 bits per heavy atom. The first kappa shape index (κ1) is 16.4. The number of nitrogens with zero attached hydrogens (tertiary/aromatic N) is 2. The van der Waals surface area contributed by atoms with Crippen molar-refractivity contribution in [2.45, 2.75) is 38.8 Å². The third-order valence-electron chi connectivity index (χ3n) is 5.31. The van der Waals surface area contributed by atoms with Crippen LogP contribution >= 0.6 is 11.6 Å². The maximum absolute atomic E-state index is 12.9. The zero-order valence-electron chi connectivity index (χ0n) is 13.9. The fraction of sp³-hybridized carbons (Fsp3) is 0.529. The summed E-state index contributed by atoms with van der Waals surface area (Å²) in [7, 11) is 1.59. The van der Waals surface area contributed by atoms with Gasteiger partial charge in [0.1, 0.15) is 0 Å². The maximum atomic E-state index is 12.9. The van der Waals surface area contributed by atoms with Crippen LogP contribution < -0.4 is 0 Å². The van der Waals surface area contributed by atoms with Crippen LogP contribution in [0.25, 0.3) is 0 Å². The number of rotatable bonds is 2. The van der Waals surface area contributed by atoms with Crippen LogP contribution in [0.2, 0.25) is 5.02 Å². The van der Waals surface area contributed by atoms with Gasteiger partial charge in [-0.15, -0.1) is 0 Å². The fourth-order valence-electron chi connectivity index (χ4n) is 4.06. The van der Waals surface area contributed by atoms with Crippen molar-refractivity contribution in [3.8, 4) is 0 Å². The van der Waals surface area contributed by atoms with Crippen LogP contribution in [0.5, 0.6) is 0 Å². The molecule has 0 N–H and O–H groups in total. The lowest BCUT2D eigenvalue weighted by atomic mass is 9.61. The van der Waals surface area contributed by atoms with Crippen molar-refractivity contribution in [2.24, 2.45) is 5.41 Å². The second-order valence-corrected chi connectivity index (χ2v) is 7.36. The molecule has 4 nitrogen and oxygen atoms in total. The molecule has 23 heavy (non-hydrogen) atoms. The molecule has 1 aromatic carbocycles. The lowest BCUT2D eigenvalue weighted by Crippen LogP contribution is -2.68.